The number of rotatable bonds is 2. The van der Waals surface area contributed by atoms with Crippen LogP contribution in [0, 0.1) is 0 Å². The first kappa shape index (κ1) is 8.85. The quantitative estimate of drug-likeness (QED) is 0.779. The van der Waals surface area contributed by atoms with Crippen molar-refractivity contribution in [2.24, 2.45) is 0 Å². The van der Waals surface area contributed by atoms with Crippen molar-refractivity contribution in [3.05, 3.63) is 35.5 Å². The van der Waals surface area contributed by atoms with Gasteiger partial charge in [-0.3, -0.25) is 4.98 Å². The second kappa shape index (κ2) is 3.31. The first-order chi connectivity index (χ1) is 7.33. The van der Waals surface area contributed by atoms with Gasteiger partial charge in [0, 0.05) is 12.1 Å². The van der Waals surface area contributed by atoms with Gasteiger partial charge < -0.3 is 0 Å². The fraction of sp³-hybridized carbons (Fsp3) is 0.300. The summed E-state index contributed by atoms with van der Waals surface area (Å²) in [5.41, 5.74) is 1.14. The van der Waals surface area contributed by atoms with Gasteiger partial charge in [0.05, 0.1) is 18.1 Å². The number of hydrogen-bond acceptors (Lipinski definition) is 3. The van der Waals surface area contributed by atoms with Crippen molar-refractivity contribution in [1.29, 1.82) is 0 Å². The average molecular weight is 221 g/mol. The third kappa shape index (κ3) is 1.72. The second-order valence-corrected chi connectivity index (χ2v) is 4.05. The minimum Gasteiger partial charge on any atom is -0.258 e. The molecule has 0 aliphatic heterocycles. The Morgan fingerprint density at radius 1 is 1.33 bits per heavy atom. The van der Waals surface area contributed by atoms with Crippen molar-refractivity contribution < 1.29 is 0 Å². The number of halogens is 1. The van der Waals surface area contributed by atoms with Crippen molar-refractivity contribution in [2.45, 2.75) is 18.8 Å². The second-order valence-electron chi connectivity index (χ2n) is 3.66. The lowest BCUT2D eigenvalue weighted by Crippen LogP contribution is -1.99. The van der Waals surface area contributed by atoms with Crippen LogP contribution in [0.25, 0.3) is 5.82 Å². The zero-order valence-corrected chi connectivity index (χ0v) is 8.72. The van der Waals surface area contributed by atoms with Crippen LogP contribution in [-0.4, -0.2) is 19.7 Å². The maximum atomic E-state index is 5.76. The molecule has 0 saturated heterocycles. The molecule has 1 fully saturated rings. The molecule has 2 heterocycles. The summed E-state index contributed by atoms with van der Waals surface area (Å²) in [5, 5.41) is 4.82. The third-order valence-corrected chi connectivity index (χ3v) is 2.61. The van der Waals surface area contributed by atoms with Crippen LogP contribution in [0.3, 0.4) is 0 Å². The molecule has 2 aromatic heterocycles. The summed E-state index contributed by atoms with van der Waals surface area (Å²) in [5.74, 6) is 1.31. The Bertz CT molecular complexity index is 490. The number of nitrogens with zero attached hydrogens (tertiary/aromatic N) is 4. The van der Waals surface area contributed by atoms with E-state index in [1.54, 1.807) is 10.9 Å². The van der Waals surface area contributed by atoms with Gasteiger partial charge in [-0.25, -0.2) is 9.67 Å². The van der Waals surface area contributed by atoms with E-state index in [0.717, 1.165) is 5.69 Å². The Hall–Kier alpha value is -1.42. The summed E-state index contributed by atoms with van der Waals surface area (Å²) < 4.78 is 1.71. The van der Waals surface area contributed by atoms with E-state index in [4.69, 9.17) is 11.6 Å². The van der Waals surface area contributed by atoms with E-state index in [1.165, 1.54) is 19.0 Å². The minimum atomic E-state index is 0.385. The molecule has 0 amide bonds. The van der Waals surface area contributed by atoms with Crippen LogP contribution >= 0.6 is 11.6 Å². The monoisotopic (exact) mass is 220 g/mol. The van der Waals surface area contributed by atoms with Gasteiger partial charge in [-0.05, 0) is 18.9 Å². The lowest BCUT2D eigenvalue weighted by atomic mass is 10.3. The van der Waals surface area contributed by atoms with E-state index in [-0.39, 0.29) is 0 Å². The predicted molar refractivity (Wildman–Crippen MR) is 56.1 cm³/mol. The van der Waals surface area contributed by atoms with E-state index in [9.17, 15) is 0 Å². The van der Waals surface area contributed by atoms with Crippen molar-refractivity contribution in [3.8, 4) is 5.82 Å². The molecule has 1 aliphatic carbocycles. The summed E-state index contributed by atoms with van der Waals surface area (Å²) in [6, 6.07) is 2.03. The Balaban J connectivity index is 1.97. The molecule has 0 bridgehead atoms. The minimum absolute atomic E-state index is 0.385. The highest BCUT2D eigenvalue weighted by Gasteiger charge is 2.25. The number of hydrogen-bond donors (Lipinski definition) is 0. The van der Waals surface area contributed by atoms with Crippen LogP contribution in [0.4, 0.5) is 0 Å². The van der Waals surface area contributed by atoms with E-state index >= 15 is 0 Å². The SMILES string of the molecule is Clc1cncc(-n2ccc(C3CC3)n2)n1. The topological polar surface area (TPSA) is 43.6 Å². The highest BCUT2D eigenvalue weighted by atomic mass is 35.5. The molecule has 0 radical (unpaired) electrons. The smallest absolute Gasteiger partial charge is 0.173 e. The highest BCUT2D eigenvalue weighted by molar-refractivity contribution is 6.29. The molecule has 1 aliphatic rings. The van der Waals surface area contributed by atoms with Gasteiger partial charge in [0.2, 0.25) is 0 Å². The third-order valence-electron chi connectivity index (χ3n) is 2.43. The van der Waals surface area contributed by atoms with Crippen LogP contribution in [0.15, 0.2) is 24.7 Å². The summed E-state index contributed by atoms with van der Waals surface area (Å²) >= 11 is 5.76. The molecule has 0 aromatic carbocycles. The summed E-state index contributed by atoms with van der Waals surface area (Å²) in [4.78, 5) is 8.11. The fourth-order valence-corrected chi connectivity index (χ4v) is 1.65. The first-order valence-corrected chi connectivity index (χ1v) is 5.24. The van der Waals surface area contributed by atoms with Crippen molar-refractivity contribution in [1.82, 2.24) is 19.7 Å². The lowest BCUT2D eigenvalue weighted by molar-refractivity contribution is 0.806. The first-order valence-electron chi connectivity index (χ1n) is 4.86. The highest BCUT2D eigenvalue weighted by Crippen LogP contribution is 2.38. The van der Waals surface area contributed by atoms with E-state index in [1.807, 2.05) is 12.3 Å². The normalized spacial score (nSPS) is 15.5. The zero-order valence-electron chi connectivity index (χ0n) is 7.97. The van der Waals surface area contributed by atoms with Gasteiger partial charge in [-0.2, -0.15) is 5.10 Å². The van der Waals surface area contributed by atoms with Crippen LogP contribution in [0.5, 0.6) is 0 Å². The molecule has 1 saturated carbocycles. The van der Waals surface area contributed by atoms with Crippen LogP contribution < -0.4 is 0 Å². The van der Waals surface area contributed by atoms with Gasteiger partial charge in [-0.15, -0.1) is 0 Å². The fourth-order valence-electron chi connectivity index (χ4n) is 1.51. The Morgan fingerprint density at radius 2 is 2.20 bits per heavy atom. The Morgan fingerprint density at radius 3 is 2.93 bits per heavy atom. The average Bonchev–Trinajstić information content (AvgIpc) is 2.97. The maximum absolute atomic E-state index is 5.76. The van der Waals surface area contributed by atoms with E-state index in [2.05, 4.69) is 15.1 Å². The predicted octanol–water partition coefficient (Wildman–Crippen LogP) is 2.19. The van der Waals surface area contributed by atoms with Crippen LogP contribution in [0.1, 0.15) is 24.5 Å². The van der Waals surface area contributed by atoms with E-state index < -0.39 is 0 Å². The van der Waals surface area contributed by atoms with Gasteiger partial charge >= 0.3 is 0 Å². The van der Waals surface area contributed by atoms with Crippen molar-refractivity contribution >= 4 is 11.6 Å². The largest absolute Gasteiger partial charge is 0.258 e. The van der Waals surface area contributed by atoms with Gasteiger partial charge in [0.15, 0.2) is 5.82 Å². The van der Waals surface area contributed by atoms with E-state index in [0.29, 0.717) is 16.9 Å². The Labute approximate surface area is 91.9 Å². The number of aromatic nitrogens is 4. The van der Waals surface area contributed by atoms with Crippen LogP contribution in [0.2, 0.25) is 5.15 Å². The molecule has 4 nitrogen and oxygen atoms in total. The van der Waals surface area contributed by atoms with Gasteiger partial charge in [0.25, 0.3) is 0 Å². The molecule has 3 rings (SSSR count). The van der Waals surface area contributed by atoms with Gasteiger partial charge in [-0.1, -0.05) is 11.6 Å². The maximum Gasteiger partial charge on any atom is 0.173 e. The molecule has 5 heteroatoms. The molecule has 15 heavy (non-hydrogen) atoms. The van der Waals surface area contributed by atoms with Crippen LogP contribution in [-0.2, 0) is 0 Å². The molecular formula is C10H9ClN4. The van der Waals surface area contributed by atoms with Crippen molar-refractivity contribution in [3.63, 3.8) is 0 Å². The van der Waals surface area contributed by atoms with Gasteiger partial charge in [0.1, 0.15) is 5.15 Å². The molecule has 2 aromatic rings. The summed E-state index contributed by atoms with van der Waals surface area (Å²) in [6.45, 7) is 0. The molecule has 0 N–H and O–H groups in total. The standard InChI is InChI=1S/C10H9ClN4/c11-9-5-12-6-10(13-9)15-4-3-8(14-15)7-1-2-7/h3-7H,1-2H2. The molecular weight excluding hydrogens is 212 g/mol. The Kier molecular flexibility index (Phi) is 1.95. The molecule has 0 spiro atoms. The lowest BCUT2D eigenvalue weighted by Gasteiger charge is -1.98. The summed E-state index contributed by atoms with van der Waals surface area (Å²) in [6.07, 6.45) is 7.55. The zero-order chi connectivity index (χ0) is 10.3. The molecule has 76 valence electrons. The molecule has 0 atom stereocenters. The van der Waals surface area contributed by atoms with Crippen molar-refractivity contribution in [2.75, 3.05) is 0 Å². The molecule has 0 unspecified atom stereocenters. The summed E-state index contributed by atoms with van der Waals surface area (Å²) in [7, 11) is 0.